The standard InChI is InChI=1S/C20H15ClIN3O2/c21-19-16(7-4-10-23-19)20(26)25-24-12-15-8-9-18(17(22)11-15)27-13-14-5-2-1-3-6-14/h1-12H,13H2,(H,25,26). The van der Waals surface area contributed by atoms with E-state index in [-0.39, 0.29) is 10.7 Å². The molecule has 1 amide bonds. The number of nitrogens with zero attached hydrogens (tertiary/aromatic N) is 2. The lowest BCUT2D eigenvalue weighted by Gasteiger charge is -2.09. The maximum Gasteiger partial charge on any atom is 0.274 e. The van der Waals surface area contributed by atoms with E-state index in [0.717, 1.165) is 20.4 Å². The van der Waals surface area contributed by atoms with Crippen LogP contribution in [-0.4, -0.2) is 17.1 Å². The summed E-state index contributed by atoms with van der Waals surface area (Å²) in [6, 6.07) is 18.9. The maximum absolute atomic E-state index is 12.0. The van der Waals surface area contributed by atoms with Crippen molar-refractivity contribution >= 4 is 46.3 Å². The largest absolute Gasteiger partial charge is 0.488 e. The molecule has 0 unspecified atom stereocenters. The minimum absolute atomic E-state index is 0.139. The van der Waals surface area contributed by atoms with Crippen molar-refractivity contribution in [2.24, 2.45) is 5.10 Å². The second-order valence-electron chi connectivity index (χ2n) is 5.51. The fourth-order valence-corrected chi connectivity index (χ4v) is 3.13. The Morgan fingerprint density at radius 2 is 2.00 bits per heavy atom. The van der Waals surface area contributed by atoms with Gasteiger partial charge >= 0.3 is 0 Å². The molecule has 5 nitrogen and oxygen atoms in total. The lowest BCUT2D eigenvalue weighted by atomic mass is 10.2. The fraction of sp³-hybridized carbons (Fsp3) is 0.0500. The summed E-state index contributed by atoms with van der Waals surface area (Å²) in [5.41, 5.74) is 4.66. The molecular weight excluding hydrogens is 477 g/mol. The molecule has 7 heteroatoms. The van der Waals surface area contributed by atoms with E-state index in [1.54, 1.807) is 18.3 Å². The fourth-order valence-electron chi connectivity index (χ4n) is 2.23. The number of hydrogen-bond acceptors (Lipinski definition) is 4. The number of aromatic nitrogens is 1. The molecule has 0 saturated carbocycles. The van der Waals surface area contributed by atoms with Crippen LogP contribution in [0.25, 0.3) is 0 Å². The smallest absolute Gasteiger partial charge is 0.274 e. The van der Waals surface area contributed by atoms with Crippen molar-refractivity contribution < 1.29 is 9.53 Å². The van der Waals surface area contributed by atoms with Gasteiger partial charge in [0, 0.05) is 6.20 Å². The summed E-state index contributed by atoms with van der Waals surface area (Å²) < 4.78 is 6.80. The molecule has 0 radical (unpaired) electrons. The first-order valence-corrected chi connectivity index (χ1v) is 9.49. The molecule has 0 saturated heterocycles. The van der Waals surface area contributed by atoms with Crippen LogP contribution in [0.4, 0.5) is 0 Å². The third-order valence-electron chi connectivity index (χ3n) is 3.58. The first kappa shape index (κ1) is 19.3. The molecule has 0 atom stereocenters. The summed E-state index contributed by atoms with van der Waals surface area (Å²) >= 11 is 8.10. The third kappa shape index (κ3) is 5.51. The Hall–Kier alpha value is -2.45. The molecule has 2 aromatic carbocycles. The van der Waals surface area contributed by atoms with Crippen LogP contribution < -0.4 is 10.2 Å². The molecule has 1 aromatic heterocycles. The van der Waals surface area contributed by atoms with Crippen LogP contribution in [0.2, 0.25) is 5.15 Å². The summed E-state index contributed by atoms with van der Waals surface area (Å²) in [6.07, 6.45) is 3.08. The van der Waals surface area contributed by atoms with Gasteiger partial charge in [0.05, 0.1) is 15.3 Å². The van der Waals surface area contributed by atoms with Gasteiger partial charge in [-0.25, -0.2) is 10.4 Å². The molecule has 0 bridgehead atoms. The van der Waals surface area contributed by atoms with Gasteiger partial charge < -0.3 is 4.74 Å². The molecule has 0 fully saturated rings. The number of pyridine rings is 1. The topological polar surface area (TPSA) is 63.6 Å². The van der Waals surface area contributed by atoms with Crippen molar-refractivity contribution in [3.05, 3.63) is 92.3 Å². The molecule has 1 heterocycles. The Labute approximate surface area is 175 Å². The molecule has 3 aromatic rings. The van der Waals surface area contributed by atoms with Crippen LogP contribution in [0.15, 0.2) is 72.0 Å². The quantitative estimate of drug-likeness (QED) is 0.236. The van der Waals surface area contributed by atoms with Crippen LogP contribution in [0.1, 0.15) is 21.5 Å². The Morgan fingerprint density at radius 3 is 2.74 bits per heavy atom. The highest BCUT2D eigenvalue weighted by atomic mass is 127. The van der Waals surface area contributed by atoms with Gasteiger partial charge in [0.1, 0.15) is 17.5 Å². The monoisotopic (exact) mass is 491 g/mol. The number of benzene rings is 2. The number of nitrogens with one attached hydrogen (secondary N) is 1. The maximum atomic E-state index is 12.0. The third-order valence-corrected chi connectivity index (χ3v) is 4.72. The van der Waals surface area contributed by atoms with Crippen LogP contribution in [-0.2, 0) is 6.61 Å². The molecular formula is C20H15ClIN3O2. The van der Waals surface area contributed by atoms with Gasteiger partial charge in [-0.1, -0.05) is 41.9 Å². The summed E-state index contributed by atoms with van der Waals surface area (Å²) in [6.45, 7) is 0.506. The molecule has 1 N–H and O–H groups in total. The van der Waals surface area contributed by atoms with Gasteiger partial charge in [-0.3, -0.25) is 4.79 Å². The van der Waals surface area contributed by atoms with Crippen LogP contribution in [0, 0.1) is 3.57 Å². The van der Waals surface area contributed by atoms with Gasteiger partial charge in [-0.05, 0) is 64.0 Å². The van der Waals surface area contributed by atoms with E-state index in [4.69, 9.17) is 16.3 Å². The number of ether oxygens (including phenoxy) is 1. The van der Waals surface area contributed by atoms with E-state index in [1.807, 2.05) is 48.5 Å². The Bertz CT molecular complexity index is 964. The molecule has 0 aliphatic rings. The van der Waals surface area contributed by atoms with E-state index in [0.29, 0.717) is 6.61 Å². The summed E-state index contributed by atoms with van der Waals surface area (Å²) in [5.74, 6) is 0.379. The number of halogens is 2. The highest BCUT2D eigenvalue weighted by Gasteiger charge is 2.09. The number of amides is 1. The molecule has 0 aliphatic heterocycles. The summed E-state index contributed by atoms with van der Waals surface area (Å²) in [5, 5.41) is 4.11. The lowest BCUT2D eigenvalue weighted by molar-refractivity contribution is 0.0955. The molecule has 0 aliphatic carbocycles. The Morgan fingerprint density at radius 1 is 1.19 bits per heavy atom. The van der Waals surface area contributed by atoms with Crippen molar-refractivity contribution in [3.8, 4) is 5.75 Å². The van der Waals surface area contributed by atoms with Gasteiger partial charge in [-0.15, -0.1) is 0 Å². The van der Waals surface area contributed by atoms with Crippen molar-refractivity contribution in [3.63, 3.8) is 0 Å². The van der Waals surface area contributed by atoms with E-state index >= 15 is 0 Å². The zero-order chi connectivity index (χ0) is 19.1. The average Bonchev–Trinajstić information content (AvgIpc) is 2.68. The second-order valence-corrected chi connectivity index (χ2v) is 7.03. The zero-order valence-electron chi connectivity index (χ0n) is 14.1. The first-order chi connectivity index (χ1) is 13.1. The summed E-state index contributed by atoms with van der Waals surface area (Å²) in [4.78, 5) is 15.9. The van der Waals surface area contributed by atoms with Gasteiger partial charge in [0.25, 0.3) is 5.91 Å². The highest BCUT2D eigenvalue weighted by molar-refractivity contribution is 14.1. The number of rotatable bonds is 6. The highest BCUT2D eigenvalue weighted by Crippen LogP contribution is 2.22. The number of carbonyl (C=O) groups excluding carboxylic acids is 1. The van der Waals surface area contributed by atoms with Gasteiger partial charge in [-0.2, -0.15) is 5.10 Å². The van der Waals surface area contributed by atoms with E-state index in [2.05, 4.69) is 38.1 Å². The van der Waals surface area contributed by atoms with Crippen molar-refractivity contribution in [1.29, 1.82) is 0 Å². The molecule has 0 spiro atoms. The average molecular weight is 492 g/mol. The van der Waals surface area contributed by atoms with E-state index in [9.17, 15) is 4.79 Å². The van der Waals surface area contributed by atoms with E-state index < -0.39 is 5.91 Å². The van der Waals surface area contributed by atoms with Gasteiger partial charge in [0.15, 0.2) is 0 Å². The number of hydrogen-bond donors (Lipinski definition) is 1. The summed E-state index contributed by atoms with van der Waals surface area (Å²) in [7, 11) is 0. The Balaban J connectivity index is 1.59. The lowest BCUT2D eigenvalue weighted by Crippen LogP contribution is -2.18. The normalized spacial score (nSPS) is 10.7. The van der Waals surface area contributed by atoms with Gasteiger partial charge in [0.2, 0.25) is 0 Å². The predicted octanol–water partition coefficient (Wildman–Crippen LogP) is 4.68. The second kappa shape index (κ2) is 9.48. The molecule has 3 rings (SSSR count). The van der Waals surface area contributed by atoms with E-state index in [1.165, 1.54) is 6.20 Å². The minimum atomic E-state index is -0.415. The minimum Gasteiger partial charge on any atom is -0.488 e. The van der Waals surface area contributed by atoms with Crippen molar-refractivity contribution in [2.45, 2.75) is 6.61 Å². The number of hydrazone groups is 1. The van der Waals surface area contributed by atoms with Crippen LogP contribution in [0.5, 0.6) is 5.75 Å². The Kier molecular flexibility index (Phi) is 6.78. The SMILES string of the molecule is O=C(NN=Cc1ccc(OCc2ccccc2)c(I)c1)c1cccnc1Cl. The first-order valence-electron chi connectivity index (χ1n) is 8.03. The van der Waals surface area contributed by atoms with Crippen molar-refractivity contribution in [1.82, 2.24) is 10.4 Å². The number of carbonyl (C=O) groups is 1. The van der Waals surface area contributed by atoms with Crippen molar-refractivity contribution in [2.75, 3.05) is 0 Å². The molecule has 27 heavy (non-hydrogen) atoms. The molecule has 136 valence electrons. The van der Waals surface area contributed by atoms with Crippen LogP contribution in [0.3, 0.4) is 0 Å². The van der Waals surface area contributed by atoms with Crippen LogP contribution >= 0.6 is 34.2 Å². The predicted molar refractivity (Wildman–Crippen MR) is 114 cm³/mol. The zero-order valence-corrected chi connectivity index (χ0v) is 17.0.